The molecule has 1 aromatic rings. The number of nitrogens with zero attached hydrogens (tertiary/aromatic N) is 2. The Labute approximate surface area is 144 Å². The van der Waals surface area contributed by atoms with Gasteiger partial charge in [-0.3, -0.25) is 4.79 Å². The lowest BCUT2D eigenvalue weighted by molar-refractivity contribution is -0.141. The van der Waals surface area contributed by atoms with E-state index in [1.54, 1.807) is 24.3 Å². The van der Waals surface area contributed by atoms with Gasteiger partial charge in [0.2, 0.25) is 0 Å². The number of esters is 1. The Morgan fingerprint density at radius 3 is 2.78 bits per heavy atom. The molecule has 7 nitrogen and oxygen atoms in total. The number of carbonyl (C=O) groups excluding carboxylic acids is 1. The van der Waals surface area contributed by atoms with Gasteiger partial charge in [-0.1, -0.05) is 28.1 Å². The lowest BCUT2D eigenvalue weighted by Gasteiger charge is -2.22. The van der Waals surface area contributed by atoms with E-state index in [0.29, 0.717) is 5.56 Å². The van der Waals surface area contributed by atoms with Crippen molar-refractivity contribution in [1.82, 2.24) is 9.03 Å². The molecule has 9 heteroatoms. The van der Waals surface area contributed by atoms with Crippen molar-refractivity contribution in [3.63, 3.8) is 0 Å². The Kier molecular flexibility index (Phi) is 7.64. The number of ether oxygens (including phenoxy) is 1. The average Bonchev–Trinajstić information content (AvgIpc) is 2.51. The molecule has 0 spiro atoms. The molecule has 0 bridgehead atoms. The third kappa shape index (κ3) is 6.27. The maximum Gasteiger partial charge on any atom is 0.307 e. The van der Waals surface area contributed by atoms with E-state index in [1.165, 1.54) is 14.2 Å². The summed E-state index contributed by atoms with van der Waals surface area (Å²) in [5, 5.41) is 8.56. The van der Waals surface area contributed by atoms with E-state index in [1.807, 2.05) is 6.07 Å². The van der Waals surface area contributed by atoms with Crippen LogP contribution in [0.1, 0.15) is 24.4 Å². The molecule has 23 heavy (non-hydrogen) atoms. The monoisotopic (exact) mass is 403 g/mol. The van der Waals surface area contributed by atoms with Gasteiger partial charge in [-0.15, -0.1) is 0 Å². The summed E-state index contributed by atoms with van der Waals surface area (Å²) < 4.78 is 33.5. The molecular weight excluding hydrogens is 386 g/mol. The fourth-order valence-electron chi connectivity index (χ4n) is 1.80. The maximum absolute atomic E-state index is 12.3. The summed E-state index contributed by atoms with van der Waals surface area (Å²) in [6, 6.07) is 8.11. The SMILES string of the molecule is COC(=O)CC(NS(=O)(=O)N(C)CCC#N)c1cccc(Br)c1. The zero-order valence-electron chi connectivity index (χ0n) is 12.8. The molecule has 1 rings (SSSR count). The highest BCUT2D eigenvalue weighted by Crippen LogP contribution is 2.22. The van der Waals surface area contributed by atoms with E-state index < -0.39 is 22.2 Å². The Hall–Kier alpha value is -1.47. The fourth-order valence-corrected chi connectivity index (χ4v) is 3.31. The van der Waals surface area contributed by atoms with Crippen molar-refractivity contribution >= 4 is 32.1 Å². The fraction of sp³-hybridized carbons (Fsp3) is 0.429. The minimum Gasteiger partial charge on any atom is -0.469 e. The number of hydrogen-bond acceptors (Lipinski definition) is 5. The molecule has 0 amide bonds. The van der Waals surface area contributed by atoms with E-state index in [-0.39, 0.29) is 19.4 Å². The molecule has 0 aliphatic rings. The van der Waals surface area contributed by atoms with Gasteiger partial charge < -0.3 is 4.74 Å². The van der Waals surface area contributed by atoms with Gasteiger partial charge >= 0.3 is 5.97 Å². The first-order chi connectivity index (χ1) is 10.8. The molecule has 0 radical (unpaired) electrons. The summed E-state index contributed by atoms with van der Waals surface area (Å²) in [5.41, 5.74) is 0.627. The lowest BCUT2D eigenvalue weighted by Crippen LogP contribution is -2.41. The van der Waals surface area contributed by atoms with Crippen molar-refractivity contribution < 1.29 is 17.9 Å². The Bertz CT molecular complexity index is 688. The second-order valence-electron chi connectivity index (χ2n) is 4.74. The first kappa shape index (κ1) is 19.6. The Balaban J connectivity index is 3.01. The molecule has 0 heterocycles. The number of nitrogens with one attached hydrogen (secondary N) is 1. The second kappa shape index (κ2) is 8.98. The van der Waals surface area contributed by atoms with Gasteiger partial charge in [0.1, 0.15) is 0 Å². The largest absolute Gasteiger partial charge is 0.469 e. The van der Waals surface area contributed by atoms with Gasteiger partial charge in [0.25, 0.3) is 10.2 Å². The molecule has 1 N–H and O–H groups in total. The molecule has 1 atom stereocenters. The predicted molar refractivity (Wildman–Crippen MR) is 88.4 cm³/mol. The number of rotatable bonds is 8. The van der Waals surface area contributed by atoms with E-state index in [0.717, 1.165) is 8.78 Å². The van der Waals surface area contributed by atoms with Crippen molar-refractivity contribution in [3.05, 3.63) is 34.3 Å². The number of halogens is 1. The first-order valence-electron chi connectivity index (χ1n) is 6.73. The highest BCUT2D eigenvalue weighted by molar-refractivity contribution is 9.10. The molecule has 0 saturated carbocycles. The topological polar surface area (TPSA) is 99.5 Å². The van der Waals surface area contributed by atoms with Crippen LogP contribution in [0.5, 0.6) is 0 Å². The lowest BCUT2D eigenvalue weighted by atomic mass is 10.1. The number of methoxy groups -OCH3 is 1. The number of hydrogen-bond donors (Lipinski definition) is 1. The minimum absolute atomic E-state index is 0.0647. The van der Waals surface area contributed by atoms with Crippen LogP contribution in [0.25, 0.3) is 0 Å². The summed E-state index contributed by atoms with van der Waals surface area (Å²) in [7, 11) is -1.22. The Morgan fingerprint density at radius 1 is 1.52 bits per heavy atom. The van der Waals surface area contributed by atoms with Crippen LogP contribution in [0.4, 0.5) is 0 Å². The van der Waals surface area contributed by atoms with Crippen LogP contribution in [0.2, 0.25) is 0 Å². The standard InChI is InChI=1S/C14H18BrN3O4S/c1-18(8-4-7-16)23(20,21)17-13(10-14(19)22-2)11-5-3-6-12(15)9-11/h3,5-6,9,13,17H,4,8,10H2,1-2H3. The number of benzene rings is 1. The van der Waals surface area contributed by atoms with Gasteiger partial charge in [-0.25, -0.2) is 0 Å². The summed E-state index contributed by atoms with van der Waals surface area (Å²) in [6.45, 7) is 0.0647. The highest BCUT2D eigenvalue weighted by atomic mass is 79.9. The van der Waals surface area contributed by atoms with Crippen molar-refractivity contribution in [2.24, 2.45) is 0 Å². The second-order valence-corrected chi connectivity index (χ2v) is 7.47. The highest BCUT2D eigenvalue weighted by Gasteiger charge is 2.25. The Morgan fingerprint density at radius 2 is 2.22 bits per heavy atom. The van der Waals surface area contributed by atoms with Gasteiger partial charge in [0, 0.05) is 24.5 Å². The van der Waals surface area contributed by atoms with E-state index >= 15 is 0 Å². The van der Waals surface area contributed by atoms with Crippen LogP contribution >= 0.6 is 15.9 Å². The van der Waals surface area contributed by atoms with Crippen molar-refractivity contribution in [2.75, 3.05) is 20.7 Å². The average molecular weight is 404 g/mol. The summed E-state index contributed by atoms with van der Waals surface area (Å²) in [4.78, 5) is 11.6. The van der Waals surface area contributed by atoms with Crippen LogP contribution in [0, 0.1) is 11.3 Å². The summed E-state index contributed by atoms with van der Waals surface area (Å²) in [5.74, 6) is -0.530. The number of nitriles is 1. The van der Waals surface area contributed by atoms with Crippen LogP contribution in [-0.2, 0) is 19.7 Å². The van der Waals surface area contributed by atoms with Crippen molar-refractivity contribution in [2.45, 2.75) is 18.9 Å². The maximum atomic E-state index is 12.3. The quantitative estimate of drug-likeness (QED) is 0.666. The molecule has 0 aliphatic heterocycles. The molecule has 126 valence electrons. The zero-order chi connectivity index (χ0) is 17.5. The molecule has 1 aromatic carbocycles. The molecule has 0 fully saturated rings. The van der Waals surface area contributed by atoms with Gasteiger partial charge in [0.05, 0.1) is 25.6 Å². The van der Waals surface area contributed by atoms with E-state index in [9.17, 15) is 13.2 Å². The molecule has 0 aliphatic carbocycles. The van der Waals surface area contributed by atoms with Gasteiger partial charge in [-0.2, -0.15) is 22.7 Å². The van der Waals surface area contributed by atoms with E-state index in [2.05, 4.69) is 25.4 Å². The third-order valence-corrected chi connectivity index (χ3v) is 5.17. The summed E-state index contributed by atoms with van der Waals surface area (Å²) in [6.07, 6.45) is -0.0613. The molecule has 1 unspecified atom stereocenters. The smallest absolute Gasteiger partial charge is 0.307 e. The van der Waals surface area contributed by atoms with Gasteiger partial charge in [-0.05, 0) is 17.7 Å². The van der Waals surface area contributed by atoms with Gasteiger partial charge in [0.15, 0.2) is 0 Å². The molecule has 0 saturated heterocycles. The summed E-state index contributed by atoms with van der Waals surface area (Å²) >= 11 is 3.32. The van der Waals surface area contributed by atoms with Crippen molar-refractivity contribution in [3.8, 4) is 6.07 Å². The number of carbonyl (C=O) groups is 1. The molecular formula is C14H18BrN3O4S. The van der Waals surface area contributed by atoms with Crippen LogP contribution in [-0.4, -0.2) is 39.4 Å². The zero-order valence-corrected chi connectivity index (χ0v) is 15.2. The first-order valence-corrected chi connectivity index (χ1v) is 8.96. The van der Waals surface area contributed by atoms with Crippen LogP contribution in [0.3, 0.4) is 0 Å². The van der Waals surface area contributed by atoms with Crippen molar-refractivity contribution in [1.29, 1.82) is 5.26 Å². The van der Waals surface area contributed by atoms with Crippen LogP contribution < -0.4 is 4.72 Å². The molecule has 0 aromatic heterocycles. The normalized spacial score (nSPS) is 12.7. The van der Waals surface area contributed by atoms with Crippen LogP contribution in [0.15, 0.2) is 28.7 Å². The predicted octanol–water partition coefficient (Wildman–Crippen LogP) is 1.73. The minimum atomic E-state index is -3.84. The third-order valence-electron chi connectivity index (χ3n) is 3.09. The van der Waals surface area contributed by atoms with E-state index in [4.69, 9.17) is 5.26 Å².